The molecule has 0 atom stereocenters. The van der Waals surface area contributed by atoms with Gasteiger partial charge in [0.1, 0.15) is 0 Å². The Balaban J connectivity index is 0.00000312. The molecule has 0 bridgehead atoms. The van der Waals surface area contributed by atoms with E-state index in [2.05, 4.69) is 41.4 Å². The second-order valence-electron chi connectivity index (χ2n) is 6.98. The van der Waals surface area contributed by atoms with Gasteiger partial charge in [0.15, 0.2) is 0 Å². The maximum Gasteiger partial charge on any atom is 0.227 e. The van der Waals surface area contributed by atoms with Crippen LogP contribution in [0.2, 0.25) is 0 Å². The van der Waals surface area contributed by atoms with Gasteiger partial charge in [0.05, 0.1) is 16.1 Å². The Kier molecular flexibility index (Phi) is 11.9. The van der Waals surface area contributed by atoms with E-state index in [9.17, 15) is 4.79 Å². The smallest absolute Gasteiger partial charge is 0.227 e. The maximum absolute atomic E-state index is 12.5. The van der Waals surface area contributed by atoms with E-state index in [0.717, 1.165) is 56.9 Å². The first-order valence-electron chi connectivity index (χ1n) is 9.14. The molecule has 0 spiro atoms. The number of thiazole rings is 1. The summed E-state index contributed by atoms with van der Waals surface area (Å²) in [5, 5.41) is 6.46. The van der Waals surface area contributed by atoms with Crippen molar-refractivity contribution >= 4 is 42.1 Å². The van der Waals surface area contributed by atoms with Crippen LogP contribution in [0, 0.1) is 18.3 Å². The number of rotatable bonds is 8. The summed E-state index contributed by atoms with van der Waals surface area (Å²) < 4.78 is 0. The molecular weight excluding hydrogens is 391 g/mol. The Morgan fingerprint density at radius 2 is 1.96 bits per heavy atom. The van der Waals surface area contributed by atoms with Gasteiger partial charge in [-0.3, -0.25) is 9.69 Å². The van der Waals surface area contributed by atoms with E-state index in [4.69, 9.17) is 5.73 Å². The molecule has 0 radical (unpaired) electrons. The van der Waals surface area contributed by atoms with Crippen molar-refractivity contribution < 1.29 is 4.79 Å². The van der Waals surface area contributed by atoms with Crippen LogP contribution in [-0.4, -0.2) is 42.0 Å². The van der Waals surface area contributed by atoms with E-state index < -0.39 is 0 Å². The zero-order valence-corrected chi connectivity index (χ0v) is 18.6. The predicted molar refractivity (Wildman–Crippen MR) is 114 cm³/mol. The molecule has 26 heavy (non-hydrogen) atoms. The highest BCUT2D eigenvalue weighted by atomic mass is 35.5. The summed E-state index contributed by atoms with van der Waals surface area (Å²) in [5.41, 5.74) is 6.66. The Bertz CT molecular complexity index is 521. The minimum atomic E-state index is -0.386. The molecule has 1 aromatic rings. The summed E-state index contributed by atoms with van der Waals surface area (Å²) in [7, 11) is 0. The first kappa shape index (κ1) is 25.6. The Labute approximate surface area is 174 Å². The number of hydrogen-bond acceptors (Lipinski definition) is 5. The van der Waals surface area contributed by atoms with Crippen molar-refractivity contribution in [1.82, 2.24) is 15.2 Å². The predicted octanol–water partition coefficient (Wildman–Crippen LogP) is 3.39. The fourth-order valence-electron chi connectivity index (χ4n) is 3.44. The van der Waals surface area contributed by atoms with Crippen molar-refractivity contribution in [2.45, 2.75) is 53.0 Å². The lowest BCUT2D eigenvalue weighted by molar-refractivity contribution is -0.131. The second-order valence-corrected chi connectivity index (χ2v) is 8.04. The third-order valence-corrected chi connectivity index (χ3v) is 6.36. The molecule has 2 rings (SSSR count). The molecule has 0 saturated carbocycles. The van der Waals surface area contributed by atoms with E-state index in [0.29, 0.717) is 12.5 Å². The number of carbonyl (C=O) groups is 1. The second kappa shape index (κ2) is 12.1. The fraction of sp³-hybridized carbons (Fsp3) is 0.778. The minimum absolute atomic E-state index is 0. The molecule has 1 saturated heterocycles. The number of nitrogens with two attached hydrogens (primary N) is 1. The number of likely N-dealkylation sites (tertiary alicyclic amines) is 1. The van der Waals surface area contributed by atoms with Crippen molar-refractivity contribution in [3.8, 4) is 0 Å². The normalized spacial score (nSPS) is 15.8. The molecule has 1 aromatic heterocycles. The Morgan fingerprint density at radius 3 is 2.42 bits per heavy atom. The highest BCUT2D eigenvalue weighted by Crippen LogP contribution is 2.25. The lowest BCUT2D eigenvalue weighted by Gasteiger charge is -2.33. The third-order valence-electron chi connectivity index (χ3n) is 5.54. The van der Waals surface area contributed by atoms with Gasteiger partial charge < -0.3 is 11.1 Å². The van der Waals surface area contributed by atoms with Crippen LogP contribution in [0.5, 0.6) is 0 Å². The highest BCUT2D eigenvalue weighted by molar-refractivity contribution is 7.09. The number of aromatic nitrogens is 1. The standard InChI is InChI=1S/C18H32N4OS.2ClH/c1-4-18(5-2,13-19)17(23)20-10-15-6-8-22(9-7-15)11-16-12-24-14(3)21-16;;/h12,15H,4-11,13,19H2,1-3H3,(H,20,23);2*1H. The van der Waals surface area contributed by atoms with Gasteiger partial charge >= 0.3 is 0 Å². The summed E-state index contributed by atoms with van der Waals surface area (Å²) in [6, 6.07) is 0. The third kappa shape index (κ3) is 6.64. The molecule has 1 fully saturated rings. The highest BCUT2D eigenvalue weighted by Gasteiger charge is 2.33. The monoisotopic (exact) mass is 424 g/mol. The van der Waals surface area contributed by atoms with Crippen LogP contribution >= 0.6 is 36.2 Å². The van der Waals surface area contributed by atoms with Gasteiger partial charge in [-0.25, -0.2) is 4.98 Å². The van der Waals surface area contributed by atoms with Gasteiger partial charge in [0.2, 0.25) is 5.91 Å². The zero-order valence-electron chi connectivity index (χ0n) is 16.1. The number of aryl methyl sites for hydroxylation is 1. The van der Waals surface area contributed by atoms with Crippen molar-refractivity contribution in [2.75, 3.05) is 26.2 Å². The molecule has 0 aromatic carbocycles. The molecule has 152 valence electrons. The van der Waals surface area contributed by atoms with E-state index in [1.54, 1.807) is 11.3 Å². The van der Waals surface area contributed by atoms with Gasteiger partial charge in [-0.2, -0.15) is 0 Å². The summed E-state index contributed by atoms with van der Waals surface area (Å²) >= 11 is 1.72. The number of nitrogens with one attached hydrogen (secondary N) is 1. The van der Waals surface area contributed by atoms with Crippen LogP contribution in [0.4, 0.5) is 0 Å². The van der Waals surface area contributed by atoms with Crippen LogP contribution in [0.3, 0.4) is 0 Å². The average molecular weight is 425 g/mol. The summed E-state index contributed by atoms with van der Waals surface area (Å²) in [6.45, 7) is 10.5. The van der Waals surface area contributed by atoms with Gasteiger partial charge in [0.25, 0.3) is 0 Å². The zero-order chi connectivity index (χ0) is 17.6. The van der Waals surface area contributed by atoms with Crippen molar-refractivity contribution in [1.29, 1.82) is 0 Å². The van der Waals surface area contributed by atoms with Crippen LogP contribution in [-0.2, 0) is 11.3 Å². The van der Waals surface area contributed by atoms with E-state index in [1.165, 1.54) is 5.69 Å². The Morgan fingerprint density at radius 1 is 1.35 bits per heavy atom. The lowest BCUT2D eigenvalue weighted by Crippen LogP contribution is -2.47. The quantitative estimate of drug-likeness (QED) is 0.670. The summed E-state index contributed by atoms with van der Waals surface area (Å²) in [6.07, 6.45) is 3.88. The summed E-state index contributed by atoms with van der Waals surface area (Å²) in [5.74, 6) is 0.710. The van der Waals surface area contributed by atoms with Crippen LogP contribution < -0.4 is 11.1 Å². The molecule has 5 nitrogen and oxygen atoms in total. The molecule has 0 aliphatic carbocycles. The van der Waals surface area contributed by atoms with Crippen molar-refractivity contribution in [3.05, 3.63) is 16.1 Å². The topological polar surface area (TPSA) is 71.2 Å². The number of hydrogen-bond donors (Lipinski definition) is 2. The van der Waals surface area contributed by atoms with Gasteiger partial charge in [-0.15, -0.1) is 36.2 Å². The lowest BCUT2D eigenvalue weighted by atomic mass is 9.81. The van der Waals surface area contributed by atoms with Gasteiger partial charge in [0, 0.05) is 25.0 Å². The van der Waals surface area contributed by atoms with Crippen molar-refractivity contribution in [3.63, 3.8) is 0 Å². The average Bonchev–Trinajstić information content (AvgIpc) is 3.01. The molecule has 1 aliphatic rings. The molecule has 8 heteroatoms. The largest absolute Gasteiger partial charge is 0.355 e. The van der Waals surface area contributed by atoms with Gasteiger partial charge in [-0.1, -0.05) is 13.8 Å². The first-order chi connectivity index (χ1) is 11.5. The van der Waals surface area contributed by atoms with E-state index >= 15 is 0 Å². The molecule has 0 unspecified atom stereocenters. The molecular formula is C18H34Cl2N4OS. The molecule has 1 aliphatic heterocycles. The molecule has 3 N–H and O–H groups in total. The van der Waals surface area contributed by atoms with E-state index in [1.807, 2.05) is 0 Å². The number of nitrogens with zero attached hydrogens (tertiary/aromatic N) is 2. The number of amides is 1. The fourth-order valence-corrected chi connectivity index (χ4v) is 4.04. The van der Waals surface area contributed by atoms with E-state index in [-0.39, 0.29) is 36.1 Å². The summed E-state index contributed by atoms with van der Waals surface area (Å²) in [4.78, 5) is 19.5. The minimum Gasteiger partial charge on any atom is -0.355 e. The molecule has 1 amide bonds. The number of piperidine rings is 1. The van der Waals surface area contributed by atoms with Gasteiger partial charge in [-0.05, 0) is 51.6 Å². The Hall–Kier alpha value is -0.400. The first-order valence-corrected chi connectivity index (χ1v) is 10.0. The molecule has 2 heterocycles. The maximum atomic E-state index is 12.5. The SMILES string of the molecule is CCC(CC)(CN)C(=O)NCC1CCN(Cc2csc(C)n2)CC1.Cl.Cl. The number of halogens is 2. The number of carbonyl (C=O) groups excluding carboxylic acids is 1. The van der Waals surface area contributed by atoms with Crippen molar-refractivity contribution in [2.24, 2.45) is 17.1 Å². The van der Waals surface area contributed by atoms with Crippen LogP contribution in [0.1, 0.15) is 50.2 Å². The van der Waals surface area contributed by atoms with Crippen LogP contribution in [0.25, 0.3) is 0 Å². The van der Waals surface area contributed by atoms with Crippen LogP contribution in [0.15, 0.2) is 5.38 Å².